The molecule has 2 N–H and O–H groups in total. The van der Waals surface area contributed by atoms with Gasteiger partial charge < -0.3 is 5.11 Å². The number of carbonyl (C=O) groups is 1. The van der Waals surface area contributed by atoms with Crippen molar-refractivity contribution in [2.24, 2.45) is 5.10 Å². The van der Waals surface area contributed by atoms with E-state index in [-0.39, 0.29) is 22.0 Å². The van der Waals surface area contributed by atoms with Crippen LogP contribution in [0.5, 0.6) is 5.75 Å². The van der Waals surface area contributed by atoms with Gasteiger partial charge in [0.25, 0.3) is 11.6 Å². The van der Waals surface area contributed by atoms with Gasteiger partial charge in [-0.2, -0.15) is 5.10 Å². The van der Waals surface area contributed by atoms with Gasteiger partial charge >= 0.3 is 0 Å². The average molecular weight is 370 g/mol. The number of nitrogens with one attached hydrogen (secondary N) is 1. The third-order valence-electron chi connectivity index (χ3n) is 3.66. The standard InChI is InChI=1S/C18H12ClN3O4/c19-15-6-5-11(7-16(15)22(25)26)10-20-21-18(24)14-8-12-3-1-2-4-13(12)9-17(14)23/h1-10,23H,(H,21,24). The quantitative estimate of drug-likeness (QED) is 0.413. The summed E-state index contributed by atoms with van der Waals surface area (Å²) in [4.78, 5) is 22.5. The molecule has 26 heavy (non-hydrogen) atoms. The van der Waals surface area contributed by atoms with E-state index >= 15 is 0 Å². The smallest absolute Gasteiger partial charge is 0.288 e. The van der Waals surface area contributed by atoms with E-state index in [9.17, 15) is 20.0 Å². The number of hydrazone groups is 1. The maximum absolute atomic E-state index is 12.2. The molecule has 0 unspecified atom stereocenters. The second-order valence-electron chi connectivity index (χ2n) is 5.38. The van der Waals surface area contributed by atoms with Gasteiger partial charge in [-0.05, 0) is 29.0 Å². The normalized spacial score (nSPS) is 11.0. The number of nitrogens with zero attached hydrogens (tertiary/aromatic N) is 2. The zero-order valence-corrected chi connectivity index (χ0v) is 14.0. The number of benzene rings is 3. The molecule has 3 aromatic carbocycles. The topological polar surface area (TPSA) is 105 Å². The Morgan fingerprint density at radius 1 is 1.15 bits per heavy atom. The molecular formula is C18H12ClN3O4. The number of phenolic OH excluding ortho intramolecular Hbond substituents is 1. The summed E-state index contributed by atoms with van der Waals surface area (Å²) in [6.07, 6.45) is 1.25. The molecule has 7 nitrogen and oxygen atoms in total. The van der Waals surface area contributed by atoms with E-state index in [2.05, 4.69) is 10.5 Å². The fourth-order valence-electron chi connectivity index (χ4n) is 2.39. The number of phenols is 1. The van der Waals surface area contributed by atoms with Gasteiger partial charge in [0, 0.05) is 11.6 Å². The van der Waals surface area contributed by atoms with Crippen molar-refractivity contribution in [1.29, 1.82) is 0 Å². The molecule has 0 aliphatic heterocycles. The summed E-state index contributed by atoms with van der Waals surface area (Å²) in [7, 11) is 0. The zero-order chi connectivity index (χ0) is 18.7. The molecule has 0 saturated heterocycles. The van der Waals surface area contributed by atoms with Crippen LogP contribution < -0.4 is 5.43 Å². The lowest BCUT2D eigenvalue weighted by Gasteiger charge is -2.05. The minimum Gasteiger partial charge on any atom is -0.507 e. The van der Waals surface area contributed by atoms with Gasteiger partial charge in [-0.3, -0.25) is 14.9 Å². The summed E-state index contributed by atoms with van der Waals surface area (Å²) in [5, 5.41) is 26.3. The molecule has 0 atom stereocenters. The van der Waals surface area contributed by atoms with E-state index in [1.165, 1.54) is 30.5 Å². The molecule has 3 rings (SSSR count). The Morgan fingerprint density at radius 3 is 2.54 bits per heavy atom. The third-order valence-corrected chi connectivity index (χ3v) is 3.97. The first-order chi connectivity index (χ1) is 12.5. The fourth-order valence-corrected chi connectivity index (χ4v) is 2.57. The number of hydrogen-bond acceptors (Lipinski definition) is 5. The molecule has 3 aromatic rings. The molecule has 0 aliphatic carbocycles. The van der Waals surface area contributed by atoms with E-state index < -0.39 is 10.8 Å². The van der Waals surface area contributed by atoms with Gasteiger partial charge in [-0.15, -0.1) is 0 Å². The molecule has 0 aromatic heterocycles. The molecular weight excluding hydrogens is 358 g/mol. The highest BCUT2D eigenvalue weighted by Gasteiger charge is 2.13. The zero-order valence-electron chi connectivity index (χ0n) is 13.2. The Balaban J connectivity index is 1.79. The number of halogens is 1. The van der Waals surface area contributed by atoms with Crippen LogP contribution in [0.25, 0.3) is 10.8 Å². The van der Waals surface area contributed by atoms with E-state index in [1.807, 2.05) is 24.3 Å². The predicted molar refractivity (Wildman–Crippen MR) is 98.8 cm³/mol. The van der Waals surface area contributed by atoms with Crippen LogP contribution in [0.15, 0.2) is 59.7 Å². The van der Waals surface area contributed by atoms with Crippen molar-refractivity contribution in [3.8, 4) is 5.75 Å². The second kappa shape index (κ2) is 7.20. The first-order valence-corrected chi connectivity index (χ1v) is 7.82. The lowest BCUT2D eigenvalue weighted by molar-refractivity contribution is -0.384. The van der Waals surface area contributed by atoms with Crippen molar-refractivity contribution in [3.05, 3.63) is 80.9 Å². The number of amides is 1. The lowest BCUT2D eigenvalue weighted by Crippen LogP contribution is -2.17. The van der Waals surface area contributed by atoms with Gasteiger partial charge in [0.2, 0.25) is 0 Å². The van der Waals surface area contributed by atoms with Crippen LogP contribution >= 0.6 is 11.6 Å². The molecule has 130 valence electrons. The van der Waals surface area contributed by atoms with Crippen LogP contribution in [0, 0.1) is 10.1 Å². The number of carbonyl (C=O) groups excluding carboxylic acids is 1. The SMILES string of the molecule is O=C(NN=Cc1ccc(Cl)c([N+](=O)[O-])c1)c1cc2ccccc2cc1O. The Labute approximate surface area is 152 Å². The van der Waals surface area contributed by atoms with Crippen molar-refractivity contribution in [2.75, 3.05) is 0 Å². The van der Waals surface area contributed by atoms with Crippen molar-refractivity contribution in [1.82, 2.24) is 5.43 Å². The van der Waals surface area contributed by atoms with Crippen molar-refractivity contribution < 1.29 is 14.8 Å². The number of fused-ring (bicyclic) bond motifs is 1. The summed E-state index contributed by atoms with van der Waals surface area (Å²) in [6, 6.07) is 14.5. The monoisotopic (exact) mass is 369 g/mol. The Bertz CT molecular complexity index is 1050. The van der Waals surface area contributed by atoms with Crippen molar-refractivity contribution >= 4 is 40.2 Å². The largest absolute Gasteiger partial charge is 0.507 e. The highest BCUT2D eigenvalue weighted by Crippen LogP contribution is 2.25. The number of aromatic hydroxyl groups is 1. The average Bonchev–Trinajstić information content (AvgIpc) is 2.62. The highest BCUT2D eigenvalue weighted by molar-refractivity contribution is 6.32. The van der Waals surface area contributed by atoms with Crippen molar-refractivity contribution in [2.45, 2.75) is 0 Å². The Kier molecular flexibility index (Phi) is 4.81. The summed E-state index contributed by atoms with van der Waals surface area (Å²) in [6.45, 7) is 0. The lowest BCUT2D eigenvalue weighted by atomic mass is 10.1. The van der Waals surface area contributed by atoms with Crippen LogP contribution in [-0.4, -0.2) is 22.2 Å². The molecule has 1 amide bonds. The van der Waals surface area contributed by atoms with Crippen LogP contribution in [0.3, 0.4) is 0 Å². The van der Waals surface area contributed by atoms with Crippen LogP contribution in [-0.2, 0) is 0 Å². The van der Waals surface area contributed by atoms with Crippen LogP contribution in [0.4, 0.5) is 5.69 Å². The first kappa shape index (κ1) is 17.4. The van der Waals surface area contributed by atoms with Gasteiger partial charge in [0.05, 0.1) is 16.7 Å². The van der Waals surface area contributed by atoms with Crippen LogP contribution in [0.1, 0.15) is 15.9 Å². The molecule has 0 aliphatic rings. The van der Waals surface area contributed by atoms with E-state index in [0.29, 0.717) is 5.56 Å². The van der Waals surface area contributed by atoms with E-state index in [1.54, 1.807) is 6.07 Å². The number of nitro groups is 1. The molecule has 0 fully saturated rings. The minimum atomic E-state index is -0.606. The Hall–Kier alpha value is -3.45. The molecule has 0 saturated carbocycles. The summed E-state index contributed by atoms with van der Waals surface area (Å²) in [5.41, 5.74) is 2.49. The van der Waals surface area contributed by atoms with Crippen molar-refractivity contribution in [3.63, 3.8) is 0 Å². The number of hydrogen-bond donors (Lipinski definition) is 2. The third kappa shape index (κ3) is 3.62. The van der Waals surface area contributed by atoms with Gasteiger partial charge in [0.15, 0.2) is 0 Å². The minimum absolute atomic E-state index is 0.0114. The molecule has 0 spiro atoms. The molecule has 0 bridgehead atoms. The maximum atomic E-state index is 12.2. The van der Waals surface area contributed by atoms with Gasteiger partial charge in [-0.1, -0.05) is 41.9 Å². The predicted octanol–water partition coefficient (Wildman–Crippen LogP) is 3.87. The second-order valence-corrected chi connectivity index (χ2v) is 5.79. The van der Waals surface area contributed by atoms with Gasteiger partial charge in [-0.25, -0.2) is 5.43 Å². The van der Waals surface area contributed by atoms with Gasteiger partial charge in [0.1, 0.15) is 10.8 Å². The summed E-state index contributed by atoms with van der Waals surface area (Å²) < 4.78 is 0. The molecule has 8 heteroatoms. The first-order valence-electron chi connectivity index (χ1n) is 7.45. The summed E-state index contributed by atoms with van der Waals surface area (Å²) >= 11 is 5.74. The highest BCUT2D eigenvalue weighted by atomic mass is 35.5. The summed E-state index contributed by atoms with van der Waals surface area (Å²) in [5.74, 6) is -0.772. The Morgan fingerprint density at radius 2 is 1.85 bits per heavy atom. The number of rotatable bonds is 4. The molecule has 0 radical (unpaired) electrons. The van der Waals surface area contributed by atoms with E-state index in [4.69, 9.17) is 11.6 Å². The van der Waals surface area contributed by atoms with Crippen LogP contribution in [0.2, 0.25) is 5.02 Å². The fraction of sp³-hybridized carbons (Fsp3) is 0. The molecule has 0 heterocycles. The van der Waals surface area contributed by atoms with E-state index in [0.717, 1.165) is 10.8 Å². The maximum Gasteiger partial charge on any atom is 0.288 e. The number of nitro benzene ring substituents is 1.